The molecule has 2 heterocycles. The third-order valence-corrected chi connectivity index (χ3v) is 2.82. The number of amides is 1. The number of H-pyrrole nitrogens is 1. The maximum absolute atomic E-state index is 12.1. The predicted octanol–water partition coefficient (Wildman–Crippen LogP) is 2.52. The Balaban J connectivity index is 1.91. The zero-order valence-electron chi connectivity index (χ0n) is 10.3. The molecule has 0 aliphatic carbocycles. The number of aryl methyl sites for hydroxylation is 1. The normalized spacial score (nSPS) is 10.6. The average Bonchev–Trinajstić information content (AvgIpc) is 2.82. The number of pyridine rings is 1. The lowest BCUT2D eigenvalue weighted by Crippen LogP contribution is -2.14. The summed E-state index contributed by atoms with van der Waals surface area (Å²) in [5, 5.41) is 10.6. The van der Waals surface area contributed by atoms with Crippen LogP contribution in [0.4, 0.5) is 5.82 Å². The third-order valence-electron chi connectivity index (χ3n) is 2.82. The van der Waals surface area contributed by atoms with E-state index in [4.69, 9.17) is 0 Å². The van der Waals surface area contributed by atoms with Crippen molar-refractivity contribution in [1.29, 1.82) is 0 Å². The molecular formula is C14H12N4O. The lowest BCUT2D eigenvalue weighted by atomic mass is 10.2. The summed E-state index contributed by atoms with van der Waals surface area (Å²) in [7, 11) is 0. The Morgan fingerprint density at radius 2 is 2.00 bits per heavy atom. The largest absolute Gasteiger partial charge is 0.303 e. The van der Waals surface area contributed by atoms with Crippen molar-refractivity contribution in [2.45, 2.75) is 6.92 Å². The van der Waals surface area contributed by atoms with Crippen LogP contribution in [-0.4, -0.2) is 21.1 Å². The molecule has 1 amide bonds. The van der Waals surface area contributed by atoms with Crippen molar-refractivity contribution in [2.75, 3.05) is 5.32 Å². The van der Waals surface area contributed by atoms with E-state index in [9.17, 15) is 4.79 Å². The van der Waals surface area contributed by atoms with Crippen LogP contribution in [0.3, 0.4) is 0 Å². The summed E-state index contributed by atoms with van der Waals surface area (Å²) in [6.07, 6.45) is 0. The molecule has 0 bridgehead atoms. The molecule has 0 unspecified atom stereocenters. The van der Waals surface area contributed by atoms with Gasteiger partial charge in [-0.05, 0) is 31.2 Å². The van der Waals surface area contributed by atoms with Crippen LogP contribution in [0.25, 0.3) is 10.9 Å². The fourth-order valence-electron chi connectivity index (χ4n) is 1.90. The first-order chi connectivity index (χ1) is 9.24. The van der Waals surface area contributed by atoms with Gasteiger partial charge in [-0.2, -0.15) is 5.10 Å². The van der Waals surface area contributed by atoms with Crippen molar-refractivity contribution in [3.8, 4) is 0 Å². The summed E-state index contributed by atoms with van der Waals surface area (Å²) in [5.74, 6) is 0.254. The van der Waals surface area contributed by atoms with Crippen LogP contribution < -0.4 is 5.32 Å². The average molecular weight is 252 g/mol. The van der Waals surface area contributed by atoms with Crippen molar-refractivity contribution in [2.24, 2.45) is 0 Å². The van der Waals surface area contributed by atoms with E-state index in [1.54, 1.807) is 12.1 Å². The minimum atomic E-state index is -0.263. The molecule has 0 atom stereocenters. The maximum Gasteiger partial charge on any atom is 0.275 e. The van der Waals surface area contributed by atoms with E-state index in [1.165, 1.54) is 0 Å². The fourth-order valence-corrected chi connectivity index (χ4v) is 1.90. The van der Waals surface area contributed by atoms with E-state index in [2.05, 4.69) is 20.5 Å². The number of hydrogen-bond donors (Lipinski definition) is 2. The van der Waals surface area contributed by atoms with Gasteiger partial charge < -0.3 is 5.32 Å². The molecule has 0 saturated heterocycles. The minimum Gasteiger partial charge on any atom is -0.303 e. The molecule has 5 heteroatoms. The van der Waals surface area contributed by atoms with Gasteiger partial charge >= 0.3 is 0 Å². The number of fused-ring (bicyclic) bond motifs is 1. The number of anilines is 1. The number of carbonyl (C=O) groups excluding carboxylic acids is 1. The SMILES string of the molecule is Cc1cccc(C(=O)Nc2n[nH]c3ccccc23)n1. The lowest BCUT2D eigenvalue weighted by Gasteiger charge is -2.02. The Bertz CT molecular complexity index is 748. The molecule has 2 aromatic heterocycles. The fraction of sp³-hybridized carbons (Fsp3) is 0.0714. The Kier molecular flexibility index (Phi) is 2.72. The Morgan fingerprint density at radius 1 is 1.16 bits per heavy atom. The Morgan fingerprint density at radius 3 is 2.84 bits per heavy atom. The molecule has 0 spiro atoms. The zero-order valence-corrected chi connectivity index (χ0v) is 10.3. The number of hydrogen-bond acceptors (Lipinski definition) is 3. The van der Waals surface area contributed by atoms with E-state index < -0.39 is 0 Å². The highest BCUT2D eigenvalue weighted by atomic mass is 16.1. The number of rotatable bonds is 2. The number of nitrogens with one attached hydrogen (secondary N) is 2. The van der Waals surface area contributed by atoms with Crippen LogP contribution in [0.1, 0.15) is 16.2 Å². The highest BCUT2D eigenvalue weighted by Gasteiger charge is 2.11. The number of aromatic nitrogens is 3. The van der Waals surface area contributed by atoms with Gasteiger partial charge in [-0.1, -0.05) is 18.2 Å². The van der Waals surface area contributed by atoms with E-state index in [-0.39, 0.29) is 5.91 Å². The minimum absolute atomic E-state index is 0.263. The van der Waals surface area contributed by atoms with Crippen molar-refractivity contribution in [3.63, 3.8) is 0 Å². The number of aromatic amines is 1. The third kappa shape index (κ3) is 2.18. The molecule has 5 nitrogen and oxygen atoms in total. The van der Waals surface area contributed by atoms with Crippen LogP contribution in [0.5, 0.6) is 0 Å². The van der Waals surface area contributed by atoms with Crippen molar-refractivity contribution in [1.82, 2.24) is 15.2 Å². The molecule has 19 heavy (non-hydrogen) atoms. The topological polar surface area (TPSA) is 70.7 Å². The number of para-hydroxylation sites is 1. The van der Waals surface area contributed by atoms with Crippen molar-refractivity contribution < 1.29 is 4.79 Å². The molecule has 0 saturated carbocycles. The van der Waals surface area contributed by atoms with E-state index >= 15 is 0 Å². The lowest BCUT2D eigenvalue weighted by molar-refractivity contribution is 0.102. The number of benzene rings is 1. The first-order valence-corrected chi connectivity index (χ1v) is 5.92. The summed E-state index contributed by atoms with van der Waals surface area (Å²) in [5.41, 5.74) is 2.07. The molecule has 3 rings (SSSR count). The van der Waals surface area contributed by atoms with Crippen LogP contribution in [0.2, 0.25) is 0 Å². The summed E-state index contributed by atoms with van der Waals surface area (Å²) in [6.45, 7) is 1.85. The van der Waals surface area contributed by atoms with Gasteiger partial charge in [0.1, 0.15) is 5.69 Å². The zero-order chi connectivity index (χ0) is 13.2. The molecule has 0 fully saturated rings. The number of nitrogens with zero attached hydrogens (tertiary/aromatic N) is 2. The highest BCUT2D eigenvalue weighted by Crippen LogP contribution is 2.19. The van der Waals surface area contributed by atoms with Gasteiger partial charge in [-0.15, -0.1) is 0 Å². The summed E-state index contributed by atoms with van der Waals surface area (Å²) in [6, 6.07) is 12.9. The highest BCUT2D eigenvalue weighted by molar-refractivity contribution is 6.06. The first-order valence-electron chi connectivity index (χ1n) is 5.92. The van der Waals surface area contributed by atoms with Gasteiger partial charge in [0.15, 0.2) is 5.82 Å². The van der Waals surface area contributed by atoms with Crippen LogP contribution in [0.15, 0.2) is 42.5 Å². The molecule has 0 aliphatic rings. The monoisotopic (exact) mass is 252 g/mol. The molecule has 2 N–H and O–H groups in total. The van der Waals surface area contributed by atoms with Gasteiger partial charge in [0.05, 0.1) is 5.52 Å². The maximum atomic E-state index is 12.1. The van der Waals surface area contributed by atoms with Gasteiger partial charge in [-0.3, -0.25) is 9.89 Å². The van der Waals surface area contributed by atoms with Crippen LogP contribution in [0, 0.1) is 6.92 Å². The van der Waals surface area contributed by atoms with Crippen molar-refractivity contribution >= 4 is 22.6 Å². The summed E-state index contributed by atoms with van der Waals surface area (Å²) < 4.78 is 0. The Hall–Kier alpha value is -2.69. The van der Waals surface area contributed by atoms with Gasteiger partial charge in [0.2, 0.25) is 0 Å². The molecule has 1 aromatic carbocycles. The van der Waals surface area contributed by atoms with Gasteiger partial charge in [0.25, 0.3) is 5.91 Å². The first kappa shape index (κ1) is 11.4. The van der Waals surface area contributed by atoms with E-state index in [0.717, 1.165) is 16.6 Å². The predicted molar refractivity (Wildman–Crippen MR) is 73.0 cm³/mol. The van der Waals surface area contributed by atoms with Crippen LogP contribution in [-0.2, 0) is 0 Å². The Labute approximate surface area is 109 Å². The summed E-state index contributed by atoms with van der Waals surface area (Å²) >= 11 is 0. The van der Waals surface area contributed by atoms with E-state index in [1.807, 2.05) is 37.3 Å². The molecular weight excluding hydrogens is 240 g/mol. The van der Waals surface area contributed by atoms with Crippen molar-refractivity contribution in [3.05, 3.63) is 53.9 Å². The second kappa shape index (κ2) is 4.53. The quantitative estimate of drug-likeness (QED) is 0.736. The standard InChI is InChI=1S/C14H12N4O/c1-9-5-4-8-12(15-9)14(19)16-13-10-6-2-3-7-11(10)17-18-13/h2-8H,1H3,(H2,16,17,18,19). The van der Waals surface area contributed by atoms with Gasteiger partial charge in [-0.25, -0.2) is 4.98 Å². The second-order valence-corrected chi connectivity index (χ2v) is 4.24. The molecule has 0 aliphatic heterocycles. The smallest absolute Gasteiger partial charge is 0.275 e. The molecule has 3 aromatic rings. The summed E-state index contributed by atoms with van der Waals surface area (Å²) in [4.78, 5) is 16.3. The number of carbonyl (C=O) groups is 1. The second-order valence-electron chi connectivity index (χ2n) is 4.24. The molecule has 0 radical (unpaired) electrons. The van der Waals surface area contributed by atoms with Crippen LogP contribution >= 0.6 is 0 Å². The molecule has 94 valence electrons. The van der Waals surface area contributed by atoms with E-state index in [0.29, 0.717) is 11.5 Å². The van der Waals surface area contributed by atoms with Gasteiger partial charge in [0, 0.05) is 11.1 Å².